The maximum atomic E-state index is 6.14. The van der Waals surface area contributed by atoms with E-state index < -0.39 is 0 Å². The van der Waals surface area contributed by atoms with E-state index in [-0.39, 0.29) is 0 Å². The third kappa shape index (κ3) is 1.82. The number of fused-ring (bicyclic) bond motifs is 3. The van der Waals surface area contributed by atoms with E-state index in [1.807, 2.05) is 18.3 Å². The molecule has 0 saturated carbocycles. The second-order valence-corrected chi connectivity index (χ2v) is 5.79. The molecule has 0 aliphatic carbocycles. The fourth-order valence-corrected chi connectivity index (χ4v) is 3.00. The highest BCUT2D eigenvalue weighted by atomic mass is 16.3. The Labute approximate surface area is 128 Å². The number of hydrogen-bond donors (Lipinski definition) is 0. The molecule has 108 valence electrons. The molecule has 3 nitrogen and oxygen atoms in total. The van der Waals surface area contributed by atoms with Crippen molar-refractivity contribution in [3.63, 3.8) is 0 Å². The van der Waals surface area contributed by atoms with Gasteiger partial charge in [0.25, 0.3) is 0 Å². The average Bonchev–Trinajstić information content (AvgIpc) is 2.88. The van der Waals surface area contributed by atoms with Gasteiger partial charge in [-0.1, -0.05) is 6.07 Å². The normalized spacial score (nSPS) is 11.4. The molecular formula is C19H17N2O+. The zero-order valence-corrected chi connectivity index (χ0v) is 12.9. The lowest BCUT2D eigenvalue weighted by atomic mass is 10.0. The van der Waals surface area contributed by atoms with Gasteiger partial charge in [-0.3, -0.25) is 4.98 Å². The third-order valence-electron chi connectivity index (χ3n) is 4.17. The minimum Gasteiger partial charge on any atom is -0.453 e. The average molecular weight is 289 g/mol. The Morgan fingerprint density at radius 2 is 1.95 bits per heavy atom. The second-order valence-electron chi connectivity index (χ2n) is 5.79. The molecule has 3 heterocycles. The van der Waals surface area contributed by atoms with Crippen LogP contribution in [0.3, 0.4) is 0 Å². The molecule has 4 rings (SSSR count). The molecular weight excluding hydrogens is 272 g/mol. The number of benzene rings is 1. The Morgan fingerprint density at radius 1 is 1.09 bits per heavy atom. The van der Waals surface area contributed by atoms with Crippen molar-refractivity contribution >= 4 is 22.1 Å². The van der Waals surface area contributed by atoms with Crippen LogP contribution in [-0.2, 0) is 7.05 Å². The predicted molar refractivity (Wildman–Crippen MR) is 87.6 cm³/mol. The first kappa shape index (κ1) is 13.0. The van der Waals surface area contributed by atoms with Gasteiger partial charge in [0, 0.05) is 23.7 Å². The Kier molecular flexibility index (Phi) is 2.76. The SMILES string of the molecule is Cc1cc[n+](C)c(-c2c(C)ccc3c2oc2cccnc23)c1. The van der Waals surface area contributed by atoms with Crippen molar-refractivity contribution in [3.05, 3.63) is 59.9 Å². The Balaban J connectivity index is 2.17. The zero-order chi connectivity index (χ0) is 15.3. The molecule has 0 atom stereocenters. The molecule has 0 N–H and O–H groups in total. The van der Waals surface area contributed by atoms with E-state index in [2.05, 4.69) is 60.9 Å². The molecule has 4 aromatic rings. The lowest BCUT2D eigenvalue weighted by Gasteiger charge is -2.06. The molecule has 1 aromatic carbocycles. The smallest absolute Gasteiger partial charge is 0.216 e. The molecule has 0 amide bonds. The summed E-state index contributed by atoms with van der Waals surface area (Å²) in [6.07, 6.45) is 3.90. The predicted octanol–water partition coefficient (Wildman–Crippen LogP) is 4.09. The van der Waals surface area contributed by atoms with Gasteiger partial charge >= 0.3 is 0 Å². The van der Waals surface area contributed by atoms with Gasteiger partial charge in [0.1, 0.15) is 12.6 Å². The van der Waals surface area contributed by atoms with E-state index in [0.29, 0.717) is 0 Å². The highest BCUT2D eigenvalue weighted by Crippen LogP contribution is 2.35. The Hall–Kier alpha value is -2.68. The summed E-state index contributed by atoms with van der Waals surface area (Å²) in [5.41, 5.74) is 7.40. The zero-order valence-electron chi connectivity index (χ0n) is 12.9. The molecule has 0 saturated heterocycles. The molecule has 0 aliphatic heterocycles. The van der Waals surface area contributed by atoms with Gasteiger partial charge in [-0.15, -0.1) is 0 Å². The van der Waals surface area contributed by atoms with E-state index in [1.54, 1.807) is 0 Å². The minimum absolute atomic E-state index is 0.833. The molecule has 3 heteroatoms. The van der Waals surface area contributed by atoms with E-state index in [9.17, 15) is 0 Å². The van der Waals surface area contributed by atoms with Crippen molar-refractivity contribution in [1.82, 2.24) is 4.98 Å². The number of furan rings is 1. The molecule has 0 fully saturated rings. The quantitative estimate of drug-likeness (QED) is 0.494. The standard InChI is InChI=1S/C19H17N2O/c1-12-8-10-21(3)15(11-12)17-13(2)6-7-14-18-16(22-19(14)17)5-4-9-20-18/h4-11H,1-3H3/q+1. The lowest BCUT2D eigenvalue weighted by molar-refractivity contribution is -0.660. The summed E-state index contributed by atoms with van der Waals surface area (Å²) in [7, 11) is 2.06. The van der Waals surface area contributed by atoms with Crippen LogP contribution < -0.4 is 4.57 Å². The summed E-state index contributed by atoms with van der Waals surface area (Å²) in [5, 5.41) is 1.07. The van der Waals surface area contributed by atoms with Crippen LogP contribution in [-0.4, -0.2) is 4.98 Å². The molecule has 0 aliphatic rings. The van der Waals surface area contributed by atoms with Crippen molar-refractivity contribution in [1.29, 1.82) is 0 Å². The number of nitrogens with zero attached hydrogens (tertiary/aromatic N) is 2. The maximum absolute atomic E-state index is 6.14. The number of rotatable bonds is 1. The van der Waals surface area contributed by atoms with Crippen molar-refractivity contribution in [2.24, 2.45) is 7.05 Å². The van der Waals surface area contributed by atoms with Crippen molar-refractivity contribution in [2.45, 2.75) is 13.8 Å². The van der Waals surface area contributed by atoms with Crippen LogP contribution in [0.2, 0.25) is 0 Å². The fourth-order valence-electron chi connectivity index (χ4n) is 3.00. The molecule has 0 unspecified atom stereocenters. The Bertz CT molecular complexity index is 1010. The summed E-state index contributed by atoms with van der Waals surface area (Å²) >= 11 is 0. The minimum atomic E-state index is 0.833. The van der Waals surface area contributed by atoms with Gasteiger partial charge in [-0.05, 0) is 43.2 Å². The van der Waals surface area contributed by atoms with Crippen LogP contribution in [0.1, 0.15) is 11.1 Å². The Morgan fingerprint density at radius 3 is 2.82 bits per heavy atom. The van der Waals surface area contributed by atoms with Gasteiger partial charge in [-0.2, -0.15) is 0 Å². The summed E-state index contributed by atoms with van der Waals surface area (Å²) in [6.45, 7) is 4.23. The summed E-state index contributed by atoms with van der Waals surface area (Å²) in [6, 6.07) is 12.4. The molecule has 0 bridgehead atoms. The van der Waals surface area contributed by atoms with Crippen LogP contribution in [0.5, 0.6) is 0 Å². The van der Waals surface area contributed by atoms with Gasteiger partial charge in [0.05, 0.1) is 5.56 Å². The van der Waals surface area contributed by atoms with E-state index >= 15 is 0 Å². The number of hydrogen-bond acceptors (Lipinski definition) is 2. The summed E-state index contributed by atoms with van der Waals surface area (Å²) in [5.74, 6) is 0. The van der Waals surface area contributed by atoms with Crippen LogP contribution in [0.15, 0.2) is 53.2 Å². The van der Waals surface area contributed by atoms with E-state index in [0.717, 1.165) is 33.3 Å². The first-order valence-electron chi connectivity index (χ1n) is 7.38. The highest BCUT2D eigenvalue weighted by molar-refractivity contribution is 6.07. The lowest BCUT2D eigenvalue weighted by Crippen LogP contribution is -2.30. The largest absolute Gasteiger partial charge is 0.453 e. The number of pyridine rings is 2. The molecule has 3 aromatic heterocycles. The maximum Gasteiger partial charge on any atom is 0.216 e. The highest BCUT2D eigenvalue weighted by Gasteiger charge is 2.20. The van der Waals surface area contributed by atoms with Gasteiger partial charge in [-0.25, -0.2) is 4.57 Å². The van der Waals surface area contributed by atoms with Crippen molar-refractivity contribution < 1.29 is 8.98 Å². The van der Waals surface area contributed by atoms with Crippen LogP contribution in [0.25, 0.3) is 33.3 Å². The number of aryl methyl sites for hydroxylation is 3. The van der Waals surface area contributed by atoms with E-state index in [4.69, 9.17) is 4.42 Å². The van der Waals surface area contributed by atoms with Crippen molar-refractivity contribution in [2.75, 3.05) is 0 Å². The fraction of sp³-hybridized carbons (Fsp3) is 0.158. The van der Waals surface area contributed by atoms with Crippen LogP contribution in [0.4, 0.5) is 0 Å². The van der Waals surface area contributed by atoms with Crippen molar-refractivity contribution in [3.8, 4) is 11.3 Å². The second kappa shape index (κ2) is 4.67. The topological polar surface area (TPSA) is 29.9 Å². The van der Waals surface area contributed by atoms with E-state index in [1.165, 1.54) is 11.1 Å². The first-order valence-corrected chi connectivity index (χ1v) is 7.38. The van der Waals surface area contributed by atoms with Crippen LogP contribution >= 0.6 is 0 Å². The van der Waals surface area contributed by atoms with Crippen LogP contribution in [0, 0.1) is 13.8 Å². The summed E-state index contributed by atoms with van der Waals surface area (Å²) in [4.78, 5) is 4.47. The molecule has 22 heavy (non-hydrogen) atoms. The number of aromatic nitrogens is 2. The molecule has 0 radical (unpaired) electrons. The van der Waals surface area contributed by atoms with Gasteiger partial charge < -0.3 is 4.42 Å². The monoisotopic (exact) mass is 289 g/mol. The molecule has 0 spiro atoms. The third-order valence-corrected chi connectivity index (χ3v) is 4.17. The summed E-state index contributed by atoms with van der Waals surface area (Å²) < 4.78 is 8.27. The first-order chi connectivity index (χ1) is 10.6. The van der Waals surface area contributed by atoms with Gasteiger partial charge in [0.2, 0.25) is 5.69 Å². The van der Waals surface area contributed by atoms with Gasteiger partial charge in [0.15, 0.2) is 17.4 Å².